The van der Waals surface area contributed by atoms with E-state index in [0.29, 0.717) is 10.5 Å². The zero-order valence-corrected chi connectivity index (χ0v) is 9.37. The average molecular weight is 238 g/mol. The van der Waals surface area contributed by atoms with Crippen LogP contribution in [0, 0.1) is 4.77 Å². The van der Waals surface area contributed by atoms with Crippen molar-refractivity contribution in [1.29, 1.82) is 0 Å². The molecule has 0 aliphatic rings. The number of hydrogen-bond acceptors (Lipinski definition) is 3. The fourth-order valence-electron chi connectivity index (χ4n) is 1.53. The number of aliphatic carboxylic acids is 1. The Morgan fingerprint density at radius 2 is 2.38 bits per heavy atom. The van der Waals surface area contributed by atoms with Gasteiger partial charge in [-0.2, -0.15) is 0 Å². The number of para-hydroxylation sites is 1. The number of aromatic nitrogens is 2. The highest BCUT2D eigenvalue weighted by Gasteiger charge is 2.08. The molecule has 2 rings (SSSR count). The highest BCUT2D eigenvalue weighted by molar-refractivity contribution is 7.71. The van der Waals surface area contributed by atoms with Crippen LogP contribution in [0.1, 0.15) is 0 Å². The van der Waals surface area contributed by atoms with Crippen LogP contribution in [-0.4, -0.2) is 27.2 Å². The SMILES string of the molecule is Cn1c(=S)[nH]c2cccc(OCC(=O)O)c21. The second-order valence-corrected chi connectivity index (χ2v) is 3.71. The van der Waals surface area contributed by atoms with E-state index in [1.54, 1.807) is 23.7 Å². The van der Waals surface area contributed by atoms with E-state index in [-0.39, 0.29) is 6.61 Å². The molecule has 0 atom stereocenters. The van der Waals surface area contributed by atoms with Crippen molar-refractivity contribution in [3.63, 3.8) is 0 Å². The number of ether oxygens (including phenoxy) is 1. The standard InChI is InChI=1S/C10H10N2O3S/c1-12-9-6(11-10(12)16)3-2-4-7(9)15-5-8(13)14/h2-4H,5H2,1H3,(H,11,16)(H,13,14). The summed E-state index contributed by atoms with van der Waals surface area (Å²) >= 11 is 5.09. The number of H-pyrrole nitrogens is 1. The molecule has 0 bridgehead atoms. The third kappa shape index (κ3) is 1.79. The van der Waals surface area contributed by atoms with Crippen LogP contribution in [-0.2, 0) is 11.8 Å². The predicted molar refractivity (Wildman–Crippen MR) is 61.2 cm³/mol. The molecule has 2 N–H and O–H groups in total. The van der Waals surface area contributed by atoms with E-state index in [1.807, 2.05) is 6.07 Å². The van der Waals surface area contributed by atoms with Crippen molar-refractivity contribution in [3.05, 3.63) is 23.0 Å². The van der Waals surface area contributed by atoms with Crippen LogP contribution in [0.4, 0.5) is 0 Å². The van der Waals surface area contributed by atoms with Gasteiger partial charge in [0.05, 0.1) is 5.52 Å². The largest absolute Gasteiger partial charge is 0.480 e. The molecule has 0 fully saturated rings. The molecular formula is C10H10N2O3S. The minimum atomic E-state index is -1.01. The molecule has 84 valence electrons. The first kappa shape index (κ1) is 10.7. The van der Waals surface area contributed by atoms with Crippen LogP contribution in [0.2, 0.25) is 0 Å². The maximum Gasteiger partial charge on any atom is 0.341 e. The van der Waals surface area contributed by atoms with Gasteiger partial charge < -0.3 is 19.4 Å². The van der Waals surface area contributed by atoms with Gasteiger partial charge in [-0.15, -0.1) is 0 Å². The summed E-state index contributed by atoms with van der Waals surface area (Å²) in [4.78, 5) is 13.4. The molecule has 0 aliphatic carbocycles. The Hall–Kier alpha value is -1.82. The number of aromatic amines is 1. The number of fused-ring (bicyclic) bond motifs is 1. The highest BCUT2D eigenvalue weighted by atomic mass is 32.1. The molecule has 0 unspecified atom stereocenters. The molecule has 0 saturated carbocycles. The van der Waals surface area contributed by atoms with Crippen LogP contribution in [0.5, 0.6) is 5.75 Å². The summed E-state index contributed by atoms with van der Waals surface area (Å²) in [5.74, 6) is -0.497. The van der Waals surface area contributed by atoms with Gasteiger partial charge in [0.25, 0.3) is 0 Å². The number of benzene rings is 1. The minimum absolute atomic E-state index is 0.364. The third-order valence-electron chi connectivity index (χ3n) is 2.23. The number of carboxylic acid groups (broad SMARTS) is 1. The monoisotopic (exact) mass is 238 g/mol. The number of hydrogen-bond donors (Lipinski definition) is 2. The Bertz CT molecular complexity index is 600. The predicted octanol–water partition coefficient (Wildman–Crippen LogP) is 1.70. The maximum atomic E-state index is 10.4. The fourth-order valence-corrected chi connectivity index (χ4v) is 1.73. The Balaban J connectivity index is 2.52. The summed E-state index contributed by atoms with van der Waals surface area (Å²) in [6.07, 6.45) is 0. The van der Waals surface area contributed by atoms with Crippen molar-refractivity contribution in [3.8, 4) is 5.75 Å². The van der Waals surface area contributed by atoms with Gasteiger partial charge in [-0.05, 0) is 24.4 Å². The lowest BCUT2D eigenvalue weighted by atomic mass is 10.3. The van der Waals surface area contributed by atoms with Crippen LogP contribution in [0.25, 0.3) is 11.0 Å². The van der Waals surface area contributed by atoms with Gasteiger partial charge in [-0.25, -0.2) is 4.79 Å². The number of aryl methyl sites for hydroxylation is 1. The normalized spacial score (nSPS) is 10.6. The lowest BCUT2D eigenvalue weighted by Gasteiger charge is -2.05. The summed E-state index contributed by atoms with van der Waals surface area (Å²) in [6, 6.07) is 5.36. The number of carboxylic acids is 1. The lowest BCUT2D eigenvalue weighted by molar-refractivity contribution is -0.139. The molecule has 0 radical (unpaired) electrons. The minimum Gasteiger partial charge on any atom is -0.480 e. The molecule has 1 aromatic carbocycles. The smallest absolute Gasteiger partial charge is 0.341 e. The van der Waals surface area contributed by atoms with E-state index in [9.17, 15) is 4.79 Å². The second-order valence-electron chi connectivity index (χ2n) is 3.32. The van der Waals surface area contributed by atoms with Crippen molar-refractivity contribution in [2.45, 2.75) is 0 Å². The van der Waals surface area contributed by atoms with E-state index in [1.165, 1.54) is 0 Å². The Morgan fingerprint density at radius 3 is 3.06 bits per heavy atom. The van der Waals surface area contributed by atoms with Gasteiger partial charge >= 0.3 is 5.97 Å². The quantitative estimate of drug-likeness (QED) is 0.799. The molecule has 0 amide bonds. The van der Waals surface area contributed by atoms with Crippen molar-refractivity contribution >= 4 is 29.2 Å². The summed E-state index contributed by atoms with van der Waals surface area (Å²) in [5.41, 5.74) is 1.60. The van der Waals surface area contributed by atoms with E-state index < -0.39 is 5.97 Å². The maximum absolute atomic E-state index is 10.4. The fraction of sp³-hybridized carbons (Fsp3) is 0.200. The average Bonchev–Trinajstić information content (AvgIpc) is 2.52. The Kier molecular flexibility index (Phi) is 2.66. The Morgan fingerprint density at radius 1 is 1.62 bits per heavy atom. The zero-order valence-electron chi connectivity index (χ0n) is 8.56. The molecule has 0 spiro atoms. The molecule has 5 nitrogen and oxygen atoms in total. The molecular weight excluding hydrogens is 228 g/mol. The van der Waals surface area contributed by atoms with Crippen LogP contribution in [0.3, 0.4) is 0 Å². The van der Waals surface area contributed by atoms with Crippen molar-refractivity contribution in [1.82, 2.24) is 9.55 Å². The van der Waals surface area contributed by atoms with E-state index in [4.69, 9.17) is 22.1 Å². The van der Waals surface area contributed by atoms with E-state index >= 15 is 0 Å². The summed E-state index contributed by atoms with van der Waals surface area (Å²) in [5, 5.41) is 8.56. The third-order valence-corrected chi connectivity index (χ3v) is 2.61. The second kappa shape index (κ2) is 3.97. The molecule has 2 aromatic rings. The number of nitrogens with one attached hydrogen (secondary N) is 1. The molecule has 1 heterocycles. The van der Waals surface area contributed by atoms with Crippen LogP contribution >= 0.6 is 12.2 Å². The molecule has 6 heteroatoms. The number of imidazole rings is 1. The van der Waals surface area contributed by atoms with Gasteiger partial charge in [0, 0.05) is 7.05 Å². The van der Waals surface area contributed by atoms with Crippen molar-refractivity contribution < 1.29 is 14.6 Å². The molecule has 1 aromatic heterocycles. The first-order valence-electron chi connectivity index (χ1n) is 4.62. The first-order valence-corrected chi connectivity index (χ1v) is 5.02. The first-order chi connectivity index (χ1) is 7.59. The van der Waals surface area contributed by atoms with Gasteiger partial charge in [0.15, 0.2) is 11.4 Å². The number of carbonyl (C=O) groups is 1. The Labute approximate surface area is 96.3 Å². The van der Waals surface area contributed by atoms with Gasteiger partial charge in [0.2, 0.25) is 0 Å². The number of rotatable bonds is 3. The van der Waals surface area contributed by atoms with E-state index in [2.05, 4.69) is 4.98 Å². The van der Waals surface area contributed by atoms with Gasteiger partial charge in [-0.3, -0.25) is 0 Å². The van der Waals surface area contributed by atoms with Crippen LogP contribution < -0.4 is 4.74 Å². The summed E-state index contributed by atoms with van der Waals surface area (Å²) in [6.45, 7) is -0.364. The molecule has 0 saturated heterocycles. The summed E-state index contributed by atoms with van der Waals surface area (Å²) < 4.78 is 7.51. The lowest BCUT2D eigenvalue weighted by Crippen LogP contribution is -2.10. The molecule has 0 aliphatic heterocycles. The van der Waals surface area contributed by atoms with Gasteiger partial charge in [0.1, 0.15) is 11.3 Å². The number of nitrogens with zero attached hydrogens (tertiary/aromatic N) is 1. The summed E-state index contributed by atoms with van der Waals surface area (Å²) in [7, 11) is 1.80. The zero-order chi connectivity index (χ0) is 11.7. The van der Waals surface area contributed by atoms with Crippen molar-refractivity contribution in [2.75, 3.05) is 6.61 Å². The van der Waals surface area contributed by atoms with Crippen LogP contribution in [0.15, 0.2) is 18.2 Å². The molecule has 16 heavy (non-hydrogen) atoms. The topological polar surface area (TPSA) is 67.2 Å². The highest BCUT2D eigenvalue weighted by Crippen LogP contribution is 2.24. The van der Waals surface area contributed by atoms with Gasteiger partial charge in [-0.1, -0.05) is 6.07 Å². The van der Waals surface area contributed by atoms with E-state index in [0.717, 1.165) is 11.0 Å². The van der Waals surface area contributed by atoms with Crippen molar-refractivity contribution in [2.24, 2.45) is 7.05 Å².